The van der Waals surface area contributed by atoms with Crippen LogP contribution in [0.5, 0.6) is 0 Å². The van der Waals surface area contributed by atoms with Gasteiger partial charge in [-0.2, -0.15) is 0 Å². The first-order chi connectivity index (χ1) is 8.11. The van der Waals surface area contributed by atoms with Crippen molar-refractivity contribution >= 4 is 61.8 Å². The largest absolute Gasteiger partial charge is 0.313 e. The predicted octanol–water partition coefficient (Wildman–Crippen LogP) is 5.38. The highest BCUT2D eigenvalue weighted by Crippen LogP contribution is 2.37. The molecule has 2 aromatic heterocycles. The van der Waals surface area contributed by atoms with Gasteiger partial charge in [0, 0.05) is 27.4 Å². The van der Waals surface area contributed by atoms with Crippen LogP contribution in [-0.2, 0) is 6.42 Å². The number of likely N-dealkylation sites (N-methyl/N-ethyl adjacent to an activating group) is 1. The lowest BCUT2D eigenvalue weighted by atomic mass is 10.1. The van der Waals surface area contributed by atoms with E-state index >= 15 is 0 Å². The molecule has 0 fully saturated rings. The maximum Gasteiger partial charge on any atom is 0.0992 e. The van der Waals surface area contributed by atoms with E-state index in [1.807, 2.05) is 13.1 Å². The molecule has 0 spiro atoms. The van der Waals surface area contributed by atoms with Crippen molar-refractivity contribution in [3.63, 3.8) is 0 Å². The summed E-state index contributed by atoms with van der Waals surface area (Å²) in [7, 11) is 1.94. The molecule has 2 heterocycles. The predicted molar refractivity (Wildman–Crippen MR) is 81.9 cm³/mol. The minimum atomic E-state index is 0.196. The fraction of sp³-hybridized carbons (Fsp3) is 0.273. The van der Waals surface area contributed by atoms with Gasteiger partial charge in [-0.15, -0.1) is 22.7 Å². The average Bonchev–Trinajstić information content (AvgIpc) is 2.82. The molecule has 0 saturated carbocycles. The summed E-state index contributed by atoms with van der Waals surface area (Å²) in [5, 5.41) is 5.37. The zero-order valence-corrected chi connectivity index (χ0v) is 13.7. The van der Waals surface area contributed by atoms with Crippen LogP contribution in [0.2, 0.25) is 8.67 Å². The van der Waals surface area contributed by atoms with Gasteiger partial charge in [0.1, 0.15) is 0 Å². The van der Waals surface area contributed by atoms with Crippen molar-refractivity contribution in [2.75, 3.05) is 7.05 Å². The smallest absolute Gasteiger partial charge is 0.0992 e. The van der Waals surface area contributed by atoms with E-state index in [2.05, 4.69) is 32.7 Å². The van der Waals surface area contributed by atoms with E-state index in [0.29, 0.717) is 0 Å². The van der Waals surface area contributed by atoms with Gasteiger partial charge >= 0.3 is 0 Å². The zero-order valence-electron chi connectivity index (χ0n) is 8.97. The highest BCUT2D eigenvalue weighted by molar-refractivity contribution is 9.10. The van der Waals surface area contributed by atoms with Crippen LogP contribution in [0.25, 0.3) is 0 Å². The Hall–Kier alpha value is 0.420. The molecule has 2 aromatic rings. The Balaban J connectivity index is 2.23. The Morgan fingerprint density at radius 2 is 2.24 bits per heavy atom. The SMILES string of the molecule is CNC(Cc1sccc1Br)c1cc(Cl)sc1Cl. The van der Waals surface area contributed by atoms with E-state index in [1.54, 1.807) is 11.3 Å². The third kappa shape index (κ3) is 3.25. The van der Waals surface area contributed by atoms with Gasteiger partial charge in [-0.05, 0) is 40.5 Å². The molecule has 2 rings (SSSR count). The second-order valence-electron chi connectivity index (χ2n) is 3.52. The van der Waals surface area contributed by atoms with Gasteiger partial charge in [0.05, 0.1) is 8.67 Å². The number of nitrogens with one attached hydrogen (secondary N) is 1. The highest BCUT2D eigenvalue weighted by Gasteiger charge is 2.18. The average molecular weight is 371 g/mol. The molecule has 1 unspecified atom stereocenters. The van der Waals surface area contributed by atoms with Crippen molar-refractivity contribution in [1.29, 1.82) is 0 Å². The lowest BCUT2D eigenvalue weighted by molar-refractivity contribution is 0.598. The highest BCUT2D eigenvalue weighted by atomic mass is 79.9. The minimum absolute atomic E-state index is 0.196. The van der Waals surface area contributed by atoms with Crippen molar-refractivity contribution in [3.8, 4) is 0 Å². The molecule has 0 aromatic carbocycles. The second kappa shape index (κ2) is 6.04. The van der Waals surface area contributed by atoms with E-state index in [1.165, 1.54) is 16.2 Å². The van der Waals surface area contributed by atoms with Crippen molar-refractivity contribution in [3.05, 3.63) is 41.1 Å². The summed E-state index contributed by atoms with van der Waals surface area (Å²) in [4.78, 5) is 1.31. The van der Waals surface area contributed by atoms with E-state index < -0.39 is 0 Å². The number of rotatable bonds is 4. The summed E-state index contributed by atoms with van der Waals surface area (Å²) in [5.74, 6) is 0. The Kier molecular flexibility index (Phi) is 4.92. The van der Waals surface area contributed by atoms with Crippen LogP contribution in [0.1, 0.15) is 16.5 Å². The number of hydrogen-bond acceptors (Lipinski definition) is 3. The fourth-order valence-corrected chi connectivity index (χ4v) is 4.75. The molecule has 1 N–H and O–H groups in total. The van der Waals surface area contributed by atoms with Gasteiger partial charge in [-0.1, -0.05) is 23.2 Å². The molecule has 0 aliphatic carbocycles. The third-order valence-corrected chi connectivity index (χ3v) is 5.95. The summed E-state index contributed by atoms with van der Waals surface area (Å²) in [6.07, 6.45) is 0.904. The molecule has 1 nitrogen and oxygen atoms in total. The molecule has 0 amide bonds. The van der Waals surface area contributed by atoms with E-state index in [9.17, 15) is 0 Å². The molecule has 0 bridgehead atoms. The normalized spacial score (nSPS) is 12.9. The van der Waals surface area contributed by atoms with Crippen molar-refractivity contribution in [2.45, 2.75) is 12.5 Å². The quantitative estimate of drug-likeness (QED) is 0.761. The molecule has 17 heavy (non-hydrogen) atoms. The zero-order chi connectivity index (χ0) is 12.4. The molecule has 0 saturated heterocycles. The molecular weight excluding hydrogens is 361 g/mol. The molecule has 0 aliphatic heterocycles. The number of hydrogen-bond donors (Lipinski definition) is 1. The van der Waals surface area contributed by atoms with Crippen LogP contribution < -0.4 is 5.32 Å². The van der Waals surface area contributed by atoms with Crippen LogP contribution in [0.3, 0.4) is 0 Å². The Labute approximate surface area is 127 Å². The van der Waals surface area contributed by atoms with E-state index in [-0.39, 0.29) is 6.04 Å². The molecular formula is C11H10BrCl2NS2. The lowest BCUT2D eigenvalue weighted by Crippen LogP contribution is -2.18. The second-order valence-corrected chi connectivity index (χ2v) is 7.66. The van der Waals surface area contributed by atoms with Crippen LogP contribution in [0.4, 0.5) is 0 Å². The van der Waals surface area contributed by atoms with Gasteiger partial charge in [0.2, 0.25) is 0 Å². The first kappa shape index (κ1) is 13.8. The van der Waals surface area contributed by atoms with Crippen LogP contribution in [0.15, 0.2) is 22.0 Å². The summed E-state index contributed by atoms with van der Waals surface area (Å²) in [6, 6.07) is 4.20. The number of thiophene rings is 2. The van der Waals surface area contributed by atoms with Crippen LogP contribution in [-0.4, -0.2) is 7.05 Å². The Morgan fingerprint density at radius 3 is 2.71 bits per heavy atom. The van der Waals surface area contributed by atoms with Gasteiger partial charge in [0.15, 0.2) is 0 Å². The molecule has 92 valence electrons. The third-order valence-electron chi connectivity index (χ3n) is 2.49. The van der Waals surface area contributed by atoms with Gasteiger partial charge in [-0.3, -0.25) is 0 Å². The summed E-state index contributed by atoms with van der Waals surface area (Å²) >= 11 is 18.9. The van der Waals surface area contributed by atoms with E-state index in [0.717, 1.165) is 25.1 Å². The maximum atomic E-state index is 6.18. The monoisotopic (exact) mass is 369 g/mol. The fourth-order valence-electron chi connectivity index (χ4n) is 1.61. The van der Waals surface area contributed by atoms with E-state index in [4.69, 9.17) is 23.2 Å². The summed E-state index contributed by atoms with van der Waals surface area (Å²) < 4.78 is 2.65. The molecule has 6 heteroatoms. The van der Waals surface area contributed by atoms with Crippen LogP contribution in [0, 0.1) is 0 Å². The van der Waals surface area contributed by atoms with Gasteiger partial charge in [-0.25, -0.2) is 0 Å². The van der Waals surface area contributed by atoms with Crippen molar-refractivity contribution in [2.24, 2.45) is 0 Å². The Bertz CT molecular complexity index is 509. The standard InChI is InChI=1S/C11H10BrCl2NS2/c1-15-8(5-9-7(12)2-3-16-9)6-4-10(13)17-11(6)14/h2-4,8,15H,5H2,1H3. The molecule has 0 radical (unpaired) electrons. The van der Waals surface area contributed by atoms with Gasteiger partial charge in [0.25, 0.3) is 0 Å². The van der Waals surface area contributed by atoms with Crippen LogP contribution >= 0.6 is 61.8 Å². The summed E-state index contributed by atoms with van der Waals surface area (Å²) in [5.41, 5.74) is 1.07. The first-order valence-corrected chi connectivity index (χ1v) is 8.20. The lowest BCUT2D eigenvalue weighted by Gasteiger charge is -2.15. The topological polar surface area (TPSA) is 12.0 Å². The first-order valence-electron chi connectivity index (χ1n) is 4.95. The maximum absolute atomic E-state index is 6.18. The molecule has 1 atom stereocenters. The van der Waals surface area contributed by atoms with Gasteiger partial charge < -0.3 is 5.32 Å². The van der Waals surface area contributed by atoms with Crippen molar-refractivity contribution in [1.82, 2.24) is 5.32 Å². The molecule has 0 aliphatic rings. The van der Waals surface area contributed by atoms with Crippen molar-refractivity contribution < 1.29 is 0 Å². The Morgan fingerprint density at radius 1 is 1.47 bits per heavy atom. The minimum Gasteiger partial charge on any atom is -0.313 e. The number of halogens is 3. The summed E-state index contributed by atoms with van der Waals surface area (Å²) in [6.45, 7) is 0.